The van der Waals surface area contributed by atoms with E-state index in [4.69, 9.17) is 0 Å². The van der Waals surface area contributed by atoms with Crippen LogP contribution in [0.2, 0.25) is 0 Å². The summed E-state index contributed by atoms with van der Waals surface area (Å²) in [6.07, 6.45) is 3.68. The molecule has 2 N–H and O–H groups in total. The van der Waals surface area contributed by atoms with Crippen molar-refractivity contribution in [3.63, 3.8) is 0 Å². The predicted octanol–water partition coefficient (Wildman–Crippen LogP) is 3.26. The second kappa shape index (κ2) is 8.10. The van der Waals surface area contributed by atoms with Gasteiger partial charge in [0.1, 0.15) is 5.84 Å². The number of amides is 1. The summed E-state index contributed by atoms with van der Waals surface area (Å²) in [5.74, 6) is -0.160. The summed E-state index contributed by atoms with van der Waals surface area (Å²) in [7, 11) is 0. The fourth-order valence-electron chi connectivity index (χ4n) is 2.48. The van der Waals surface area contributed by atoms with Crippen LogP contribution in [0, 0.1) is 5.41 Å². The fraction of sp³-hybridized carbons (Fsp3) is 0.409. The number of aliphatic hydroxyl groups excluding tert-OH is 1. The van der Waals surface area contributed by atoms with Gasteiger partial charge in [0, 0.05) is 28.3 Å². The van der Waals surface area contributed by atoms with Crippen LogP contribution < -0.4 is 5.32 Å². The van der Waals surface area contributed by atoms with Crippen molar-refractivity contribution < 1.29 is 14.7 Å². The maximum absolute atomic E-state index is 12.5. The maximum Gasteiger partial charge on any atom is 0.256 e. The molecule has 150 valence electrons. The first-order chi connectivity index (χ1) is 12.9. The van der Waals surface area contributed by atoms with Crippen molar-refractivity contribution in [2.24, 2.45) is 10.4 Å². The Morgan fingerprint density at radius 1 is 1.11 bits per heavy atom. The van der Waals surface area contributed by atoms with Crippen molar-refractivity contribution in [2.75, 3.05) is 0 Å². The standard InChI is InChI=1S/C22H29N3O3/c1-21(2,3)17(26)13-12-16-14-25(22(4,5)6)20(28)24-18(16)23-19(27)15-10-8-7-9-11-15/h7-14,20,28H,1-6H3,(H,23,24,27)/b13-12+. The highest BCUT2D eigenvalue weighted by Crippen LogP contribution is 2.24. The average Bonchev–Trinajstić information content (AvgIpc) is 2.59. The van der Waals surface area contributed by atoms with Crippen molar-refractivity contribution in [1.29, 1.82) is 0 Å². The molecule has 1 heterocycles. The normalized spacial score (nSPS) is 18.0. The summed E-state index contributed by atoms with van der Waals surface area (Å²) in [5, 5.41) is 13.2. The number of hydrogen-bond donors (Lipinski definition) is 2. The van der Waals surface area contributed by atoms with E-state index < -0.39 is 17.3 Å². The summed E-state index contributed by atoms with van der Waals surface area (Å²) < 4.78 is 0. The first-order valence-electron chi connectivity index (χ1n) is 9.25. The fourth-order valence-corrected chi connectivity index (χ4v) is 2.48. The van der Waals surface area contributed by atoms with Crippen LogP contribution in [0.1, 0.15) is 51.9 Å². The van der Waals surface area contributed by atoms with Gasteiger partial charge in [-0.25, -0.2) is 4.99 Å². The van der Waals surface area contributed by atoms with Crippen molar-refractivity contribution in [3.8, 4) is 0 Å². The molecule has 0 saturated carbocycles. The topological polar surface area (TPSA) is 82.0 Å². The highest BCUT2D eigenvalue weighted by atomic mass is 16.3. The second-order valence-electron chi connectivity index (χ2n) is 8.75. The van der Waals surface area contributed by atoms with Crippen LogP contribution in [0.4, 0.5) is 0 Å². The third-order valence-corrected chi connectivity index (χ3v) is 4.24. The average molecular weight is 383 g/mol. The van der Waals surface area contributed by atoms with Gasteiger partial charge in [0.25, 0.3) is 5.91 Å². The van der Waals surface area contributed by atoms with E-state index >= 15 is 0 Å². The number of carbonyl (C=O) groups is 2. The molecule has 2 rings (SSSR count). The van der Waals surface area contributed by atoms with Crippen LogP contribution in [0.25, 0.3) is 0 Å². The first kappa shape index (κ1) is 21.6. The molecular weight excluding hydrogens is 354 g/mol. The van der Waals surface area contributed by atoms with Crippen LogP contribution in [-0.2, 0) is 4.79 Å². The molecule has 1 aliphatic rings. The zero-order valence-corrected chi connectivity index (χ0v) is 17.4. The van der Waals surface area contributed by atoms with Gasteiger partial charge in [-0.1, -0.05) is 39.0 Å². The van der Waals surface area contributed by atoms with Crippen molar-refractivity contribution in [2.45, 2.75) is 53.4 Å². The van der Waals surface area contributed by atoms with Gasteiger partial charge in [-0.3, -0.25) is 9.59 Å². The Kier molecular flexibility index (Phi) is 6.24. The summed E-state index contributed by atoms with van der Waals surface area (Å²) in [6, 6.07) is 8.75. The third-order valence-electron chi connectivity index (χ3n) is 4.24. The number of ketones is 1. The number of allylic oxidation sites excluding steroid dienone is 1. The SMILES string of the molecule is CC(C)(C)C(=O)/C=C/C1=CN(C(C)(C)C)C(O)N=C1NC(=O)c1ccccc1. The Labute approximate surface area is 166 Å². The molecule has 1 aromatic carbocycles. The molecule has 1 atom stereocenters. The van der Waals surface area contributed by atoms with Crippen LogP contribution in [0.15, 0.2) is 59.2 Å². The number of aliphatic imine (C=N–C) groups is 1. The molecule has 0 aromatic heterocycles. The van der Waals surface area contributed by atoms with Crippen molar-refractivity contribution >= 4 is 17.5 Å². The Balaban J connectivity index is 2.35. The molecule has 0 fully saturated rings. The van der Waals surface area contributed by atoms with Crippen LogP contribution in [0.5, 0.6) is 0 Å². The Hall–Kier alpha value is -2.73. The largest absolute Gasteiger partial charge is 0.355 e. The first-order valence-corrected chi connectivity index (χ1v) is 9.25. The number of nitrogens with zero attached hydrogens (tertiary/aromatic N) is 2. The number of amidine groups is 1. The van der Waals surface area contributed by atoms with E-state index in [9.17, 15) is 14.7 Å². The molecule has 1 aliphatic heterocycles. The lowest BCUT2D eigenvalue weighted by molar-refractivity contribution is -0.121. The number of nitrogens with one attached hydrogen (secondary N) is 1. The number of rotatable bonds is 3. The number of aliphatic hydroxyl groups is 1. The van der Waals surface area contributed by atoms with E-state index in [1.54, 1.807) is 41.4 Å². The minimum Gasteiger partial charge on any atom is -0.355 e. The van der Waals surface area contributed by atoms with Gasteiger partial charge in [0.2, 0.25) is 6.35 Å². The van der Waals surface area contributed by atoms with E-state index in [0.717, 1.165) is 0 Å². The van der Waals surface area contributed by atoms with Gasteiger partial charge in [-0.15, -0.1) is 0 Å². The van der Waals surface area contributed by atoms with Crippen LogP contribution in [0.3, 0.4) is 0 Å². The quantitative estimate of drug-likeness (QED) is 0.785. The van der Waals surface area contributed by atoms with E-state index in [-0.39, 0.29) is 17.5 Å². The molecule has 0 saturated heterocycles. The molecule has 1 amide bonds. The highest BCUT2D eigenvalue weighted by molar-refractivity contribution is 6.14. The molecule has 1 aromatic rings. The Bertz CT molecular complexity index is 825. The minimum absolute atomic E-state index is 0.0458. The van der Waals surface area contributed by atoms with Gasteiger partial charge in [-0.05, 0) is 45.1 Å². The van der Waals surface area contributed by atoms with Gasteiger partial charge < -0.3 is 15.3 Å². The Morgan fingerprint density at radius 2 is 1.71 bits per heavy atom. The lowest BCUT2D eigenvalue weighted by atomic mass is 9.90. The van der Waals surface area contributed by atoms with Gasteiger partial charge in [0.05, 0.1) is 0 Å². The van der Waals surface area contributed by atoms with Gasteiger partial charge in [-0.2, -0.15) is 0 Å². The number of carbonyl (C=O) groups excluding carboxylic acids is 2. The number of benzene rings is 1. The molecule has 0 aliphatic carbocycles. The van der Waals surface area contributed by atoms with E-state index in [1.165, 1.54) is 6.08 Å². The Morgan fingerprint density at radius 3 is 2.25 bits per heavy atom. The molecular formula is C22H29N3O3. The zero-order valence-electron chi connectivity index (χ0n) is 17.4. The number of hydrogen-bond acceptors (Lipinski definition) is 5. The molecule has 0 bridgehead atoms. The summed E-state index contributed by atoms with van der Waals surface area (Å²) >= 11 is 0. The molecule has 0 spiro atoms. The zero-order chi connectivity index (χ0) is 21.1. The van der Waals surface area contributed by atoms with E-state index in [2.05, 4.69) is 10.3 Å². The highest BCUT2D eigenvalue weighted by Gasteiger charge is 2.30. The monoisotopic (exact) mass is 383 g/mol. The molecule has 0 radical (unpaired) electrons. The maximum atomic E-state index is 12.5. The third kappa shape index (κ3) is 5.39. The predicted molar refractivity (Wildman–Crippen MR) is 111 cm³/mol. The van der Waals surface area contributed by atoms with Crippen LogP contribution >= 0.6 is 0 Å². The molecule has 6 nitrogen and oxygen atoms in total. The molecule has 6 heteroatoms. The lowest BCUT2D eigenvalue weighted by Gasteiger charge is -2.39. The van der Waals surface area contributed by atoms with E-state index in [1.807, 2.05) is 47.6 Å². The summed E-state index contributed by atoms with van der Waals surface area (Å²) in [6.45, 7) is 11.3. The van der Waals surface area contributed by atoms with Crippen molar-refractivity contribution in [1.82, 2.24) is 10.2 Å². The minimum atomic E-state index is -1.14. The molecule has 1 unspecified atom stereocenters. The smallest absolute Gasteiger partial charge is 0.256 e. The lowest BCUT2D eigenvalue weighted by Crippen LogP contribution is -2.48. The second-order valence-corrected chi connectivity index (χ2v) is 8.75. The van der Waals surface area contributed by atoms with Crippen molar-refractivity contribution in [3.05, 3.63) is 59.8 Å². The van der Waals surface area contributed by atoms with Crippen LogP contribution in [-0.4, -0.2) is 39.4 Å². The van der Waals surface area contributed by atoms with Gasteiger partial charge >= 0.3 is 0 Å². The van der Waals surface area contributed by atoms with E-state index in [0.29, 0.717) is 11.1 Å². The summed E-state index contributed by atoms with van der Waals surface area (Å²) in [4.78, 5) is 30.8. The van der Waals surface area contributed by atoms with Gasteiger partial charge in [0.15, 0.2) is 5.78 Å². The molecule has 28 heavy (non-hydrogen) atoms. The summed E-state index contributed by atoms with van der Waals surface area (Å²) in [5.41, 5.74) is 0.110.